The van der Waals surface area contributed by atoms with E-state index >= 15 is 0 Å². The molecule has 3 aromatic heterocycles. The number of anilines is 1. The van der Waals surface area contributed by atoms with Crippen LogP contribution >= 0.6 is 0 Å². The first-order chi connectivity index (χ1) is 13.7. The molecule has 1 aliphatic rings. The van der Waals surface area contributed by atoms with Crippen molar-refractivity contribution in [2.45, 2.75) is 19.4 Å². The van der Waals surface area contributed by atoms with Crippen molar-refractivity contribution < 1.29 is 4.79 Å². The highest BCUT2D eigenvalue weighted by Gasteiger charge is 2.25. The fourth-order valence-corrected chi connectivity index (χ4v) is 3.61. The normalized spacial score (nSPS) is 16.8. The van der Waals surface area contributed by atoms with Gasteiger partial charge in [0, 0.05) is 35.8 Å². The summed E-state index contributed by atoms with van der Waals surface area (Å²) < 4.78 is 1.66. The van der Waals surface area contributed by atoms with Gasteiger partial charge in [0.05, 0.1) is 5.52 Å². The summed E-state index contributed by atoms with van der Waals surface area (Å²) in [4.78, 5) is 19.4. The minimum atomic E-state index is -0.0588. The summed E-state index contributed by atoms with van der Waals surface area (Å²) in [6, 6.07) is 13.5. The molecule has 28 heavy (non-hydrogen) atoms. The number of hydrogen-bond donors (Lipinski definition) is 1. The van der Waals surface area contributed by atoms with Crippen molar-refractivity contribution in [2.24, 2.45) is 0 Å². The fourth-order valence-electron chi connectivity index (χ4n) is 3.61. The van der Waals surface area contributed by atoms with Gasteiger partial charge < -0.3 is 10.2 Å². The number of aromatic nitrogens is 5. The van der Waals surface area contributed by atoms with Crippen LogP contribution in [0.15, 0.2) is 48.8 Å². The summed E-state index contributed by atoms with van der Waals surface area (Å²) >= 11 is 0. The third kappa shape index (κ3) is 3.02. The lowest BCUT2D eigenvalue weighted by molar-refractivity contribution is 0.0940. The second-order valence-corrected chi connectivity index (χ2v) is 7.09. The first kappa shape index (κ1) is 16.6. The highest BCUT2D eigenvalue weighted by molar-refractivity contribution is 5.98. The van der Waals surface area contributed by atoms with E-state index in [4.69, 9.17) is 0 Å². The van der Waals surface area contributed by atoms with Crippen molar-refractivity contribution in [1.29, 1.82) is 0 Å². The van der Waals surface area contributed by atoms with E-state index in [1.165, 1.54) is 0 Å². The molecule has 1 aromatic carbocycles. The van der Waals surface area contributed by atoms with Gasteiger partial charge in [0.2, 0.25) is 0 Å². The van der Waals surface area contributed by atoms with Gasteiger partial charge in [0.1, 0.15) is 12.1 Å². The number of amides is 1. The largest absolute Gasteiger partial charge is 0.353 e. The van der Waals surface area contributed by atoms with E-state index in [0.29, 0.717) is 11.2 Å². The predicted molar refractivity (Wildman–Crippen MR) is 105 cm³/mol. The molecule has 1 N–H and O–H groups in total. The topological polar surface area (TPSA) is 88.3 Å². The molecule has 1 fully saturated rings. The van der Waals surface area contributed by atoms with E-state index in [2.05, 4.69) is 30.5 Å². The van der Waals surface area contributed by atoms with Gasteiger partial charge in [-0.05, 0) is 49.7 Å². The maximum Gasteiger partial charge on any atom is 0.251 e. The van der Waals surface area contributed by atoms with Gasteiger partial charge in [-0.2, -0.15) is 4.52 Å². The Morgan fingerprint density at radius 2 is 2.11 bits per heavy atom. The predicted octanol–water partition coefficient (Wildman–Crippen LogP) is 1.99. The minimum Gasteiger partial charge on any atom is -0.353 e. The molecular formula is C20H19N7O. The number of hydrogen-bond acceptors (Lipinski definition) is 6. The van der Waals surface area contributed by atoms with Gasteiger partial charge in [0.25, 0.3) is 5.91 Å². The quantitative estimate of drug-likeness (QED) is 0.591. The van der Waals surface area contributed by atoms with Gasteiger partial charge >= 0.3 is 0 Å². The Morgan fingerprint density at radius 1 is 1.18 bits per heavy atom. The number of nitrogens with one attached hydrogen (secondary N) is 1. The first-order valence-corrected chi connectivity index (χ1v) is 9.26. The third-order valence-electron chi connectivity index (χ3n) is 5.09. The van der Waals surface area contributed by atoms with Gasteiger partial charge in [-0.15, -0.1) is 15.3 Å². The van der Waals surface area contributed by atoms with Crippen molar-refractivity contribution >= 4 is 28.3 Å². The van der Waals surface area contributed by atoms with Crippen LogP contribution in [0.1, 0.15) is 22.5 Å². The Labute approximate surface area is 161 Å². The molecule has 4 aromatic rings. The number of benzene rings is 1. The summed E-state index contributed by atoms with van der Waals surface area (Å²) in [7, 11) is 0. The van der Waals surface area contributed by atoms with Gasteiger partial charge in [0.15, 0.2) is 5.65 Å². The lowest BCUT2D eigenvalue weighted by Crippen LogP contribution is -2.37. The van der Waals surface area contributed by atoms with E-state index in [1.54, 1.807) is 10.8 Å². The molecule has 0 saturated carbocycles. The molecule has 0 aliphatic carbocycles. The van der Waals surface area contributed by atoms with Gasteiger partial charge in [-0.1, -0.05) is 6.07 Å². The number of aryl methyl sites for hydroxylation is 1. The average Bonchev–Trinajstić information content (AvgIpc) is 3.36. The fraction of sp³-hybridized carbons (Fsp3) is 0.250. The van der Waals surface area contributed by atoms with Crippen LogP contribution < -0.4 is 10.2 Å². The number of nitrogens with zero attached hydrogens (tertiary/aromatic N) is 6. The van der Waals surface area contributed by atoms with Crippen LogP contribution in [-0.4, -0.2) is 49.8 Å². The molecule has 0 bridgehead atoms. The van der Waals surface area contributed by atoms with E-state index in [9.17, 15) is 4.79 Å². The number of pyridine rings is 1. The van der Waals surface area contributed by atoms with Crippen LogP contribution in [0.25, 0.3) is 16.6 Å². The van der Waals surface area contributed by atoms with Crippen LogP contribution in [0.4, 0.5) is 5.82 Å². The molecule has 140 valence electrons. The average molecular weight is 373 g/mol. The Balaban J connectivity index is 1.28. The lowest BCUT2D eigenvalue weighted by atomic mass is 10.1. The van der Waals surface area contributed by atoms with E-state index in [-0.39, 0.29) is 11.9 Å². The smallest absolute Gasteiger partial charge is 0.251 e. The first-order valence-electron chi connectivity index (χ1n) is 9.26. The zero-order valence-corrected chi connectivity index (χ0v) is 15.4. The summed E-state index contributed by atoms with van der Waals surface area (Å²) in [5.74, 6) is 0.799. The number of carbonyl (C=O) groups is 1. The summed E-state index contributed by atoms with van der Waals surface area (Å²) in [5.41, 5.74) is 3.24. The molecule has 0 spiro atoms. The SMILES string of the molecule is Cc1ccc2cc(C(=O)NC3CCN(c4ccc5nncn5n4)C3)ccc2n1. The molecule has 1 unspecified atom stereocenters. The molecule has 1 aliphatic heterocycles. The minimum absolute atomic E-state index is 0.0588. The summed E-state index contributed by atoms with van der Waals surface area (Å²) in [6.07, 6.45) is 2.46. The van der Waals surface area contributed by atoms with E-state index in [1.807, 2.05) is 49.4 Å². The maximum atomic E-state index is 12.7. The summed E-state index contributed by atoms with van der Waals surface area (Å²) in [5, 5.41) is 16.5. The summed E-state index contributed by atoms with van der Waals surface area (Å²) in [6.45, 7) is 3.52. The highest BCUT2D eigenvalue weighted by Crippen LogP contribution is 2.19. The van der Waals surface area contributed by atoms with Crippen LogP contribution in [-0.2, 0) is 0 Å². The van der Waals surface area contributed by atoms with Crippen LogP contribution in [0.3, 0.4) is 0 Å². The van der Waals surface area contributed by atoms with E-state index < -0.39 is 0 Å². The molecule has 8 heteroatoms. The van der Waals surface area contributed by atoms with Crippen molar-refractivity contribution in [1.82, 2.24) is 30.1 Å². The molecule has 1 atom stereocenters. The number of fused-ring (bicyclic) bond motifs is 2. The Hall–Kier alpha value is -3.55. The van der Waals surface area contributed by atoms with Crippen molar-refractivity contribution in [3.05, 3.63) is 60.0 Å². The molecule has 0 radical (unpaired) electrons. The monoisotopic (exact) mass is 373 g/mol. The molecule has 4 heterocycles. The van der Waals surface area contributed by atoms with Gasteiger partial charge in [-0.3, -0.25) is 9.78 Å². The number of carbonyl (C=O) groups excluding carboxylic acids is 1. The van der Waals surface area contributed by atoms with Crippen molar-refractivity contribution in [3.8, 4) is 0 Å². The zero-order valence-electron chi connectivity index (χ0n) is 15.4. The number of rotatable bonds is 3. The maximum absolute atomic E-state index is 12.7. The van der Waals surface area contributed by atoms with Crippen LogP contribution in [0.5, 0.6) is 0 Å². The van der Waals surface area contributed by atoms with Crippen molar-refractivity contribution in [3.63, 3.8) is 0 Å². The highest BCUT2D eigenvalue weighted by atomic mass is 16.1. The van der Waals surface area contributed by atoms with Gasteiger partial charge in [-0.25, -0.2) is 0 Å². The molecule has 5 rings (SSSR count). The molecule has 1 saturated heterocycles. The zero-order chi connectivity index (χ0) is 19.1. The third-order valence-corrected chi connectivity index (χ3v) is 5.09. The van der Waals surface area contributed by atoms with Crippen LogP contribution in [0.2, 0.25) is 0 Å². The standard InChI is InChI=1S/C20H19N7O/c1-13-2-3-14-10-15(4-5-17(14)22-13)20(28)23-16-8-9-26(11-16)19-7-6-18-24-21-12-27(18)25-19/h2-7,10,12,16H,8-9,11H2,1H3,(H,23,28). The van der Waals surface area contributed by atoms with E-state index in [0.717, 1.165) is 41.9 Å². The Kier molecular flexibility index (Phi) is 3.89. The lowest BCUT2D eigenvalue weighted by Gasteiger charge is -2.18. The Bertz CT molecular complexity index is 1190. The Morgan fingerprint density at radius 3 is 3.04 bits per heavy atom. The van der Waals surface area contributed by atoms with Crippen LogP contribution in [0, 0.1) is 6.92 Å². The van der Waals surface area contributed by atoms with Crippen molar-refractivity contribution in [2.75, 3.05) is 18.0 Å². The second-order valence-electron chi connectivity index (χ2n) is 7.09. The molecular weight excluding hydrogens is 354 g/mol. The second kappa shape index (κ2) is 6.56. The molecule has 8 nitrogen and oxygen atoms in total. The molecule has 1 amide bonds.